The van der Waals surface area contributed by atoms with Gasteiger partial charge in [-0.15, -0.1) is 0 Å². The first-order valence-electron chi connectivity index (χ1n) is 6.99. The van der Waals surface area contributed by atoms with E-state index in [0.717, 1.165) is 0 Å². The van der Waals surface area contributed by atoms with Gasteiger partial charge in [0.05, 0.1) is 19.6 Å². The van der Waals surface area contributed by atoms with Gasteiger partial charge in [-0.3, -0.25) is 4.79 Å². The summed E-state index contributed by atoms with van der Waals surface area (Å²) in [6.07, 6.45) is 0.937. The molecule has 19 heavy (non-hydrogen) atoms. The molecule has 0 saturated carbocycles. The van der Waals surface area contributed by atoms with Gasteiger partial charge < -0.3 is 13.9 Å². The number of carbonyl (C=O) groups is 1. The van der Waals surface area contributed by atoms with Crippen molar-refractivity contribution < 1.29 is 18.7 Å². The van der Waals surface area contributed by atoms with Crippen LogP contribution in [0.3, 0.4) is 0 Å². The SMILES string of the molecule is CC(=O)CC1(CCO[Si](C)(C)C(C)(C)C)OCCO1. The monoisotopic (exact) mass is 288 g/mol. The molecule has 1 heterocycles. The van der Waals surface area contributed by atoms with E-state index >= 15 is 0 Å². The third-order valence-electron chi connectivity index (χ3n) is 4.08. The van der Waals surface area contributed by atoms with E-state index in [9.17, 15) is 4.79 Å². The largest absolute Gasteiger partial charge is 0.417 e. The number of carbonyl (C=O) groups excluding carboxylic acids is 1. The maximum atomic E-state index is 11.3. The molecular weight excluding hydrogens is 260 g/mol. The molecule has 0 atom stereocenters. The van der Waals surface area contributed by atoms with Gasteiger partial charge in [-0.2, -0.15) is 0 Å². The number of Topliss-reactive ketones (excluding diaryl/α,β-unsaturated/α-hetero) is 1. The van der Waals surface area contributed by atoms with Gasteiger partial charge in [0.25, 0.3) is 0 Å². The summed E-state index contributed by atoms with van der Waals surface area (Å²) in [5, 5.41) is 0.193. The summed E-state index contributed by atoms with van der Waals surface area (Å²) >= 11 is 0. The predicted octanol–water partition coefficient (Wildman–Crippen LogP) is 3.12. The fourth-order valence-corrected chi connectivity index (χ4v) is 2.93. The summed E-state index contributed by atoms with van der Waals surface area (Å²) in [4.78, 5) is 11.3. The summed E-state index contributed by atoms with van der Waals surface area (Å²) in [6, 6.07) is 0. The average molecular weight is 288 g/mol. The standard InChI is InChI=1S/C14H28O4Si/c1-12(15)11-14(16-9-10-17-14)7-8-18-19(5,6)13(2,3)4/h7-11H2,1-6H3. The zero-order valence-corrected chi connectivity index (χ0v) is 14.2. The first-order valence-corrected chi connectivity index (χ1v) is 9.90. The summed E-state index contributed by atoms with van der Waals surface area (Å²) in [5.41, 5.74) is 0. The van der Waals surface area contributed by atoms with Gasteiger partial charge in [0.2, 0.25) is 0 Å². The number of hydrogen-bond acceptors (Lipinski definition) is 4. The van der Waals surface area contributed by atoms with E-state index in [4.69, 9.17) is 13.9 Å². The molecule has 0 aromatic rings. The maximum Gasteiger partial charge on any atom is 0.191 e. The van der Waals surface area contributed by atoms with E-state index in [1.54, 1.807) is 6.92 Å². The Morgan fingerprint density at radius 3 is 2.21 bits per heavy atom. The Bertz CT molecular complexity index is 314. The first-order chi connectivity index (χ1) is 8.58. The third kappa shape index (κ3) is 4.67. The van der Waals surface area contributed by atoms with E-state index < -0.39 is 14.1 Å². The lowest BCUT2D eigenvalue weighted by atomic mass is 10.1. The number of ketones is 1. The van der Waals surface area contributed by atoms with Crippen molar-refractivity contribution in [1.82, 2.24) is 0 Å². The van der Waals surface area contributed by atoms with Crippen LogP contribution in [0.25, 0.3) is 0 Å². The lowest BCUT2D eigenvalue weighted by Gasteiger charge is -2.37. The highest BCUT2D eigenvalue weighted by molar-refractivity contribution is 6.74. The smallest absolute Gasteiger partial charge is 0.191 e. The fraction of sp³-hybridized carbons (Fsp3) is 0.929. The molecule has 5 heteroatoms. The van der Waals surface area contributed by atoms with E-state index in [1.165, 1.54) is 0 Å². The first kappa shape index (κ1) is 16.8. The molecule has 4 nitrogen and oxygen atoms in total. The molecule has 0 bridgehead atoms. The molecule has 0 spiro atoms. The van der Waals surface area contributed by atoms with E-state index in [-0.39, 0.29) is 10.8 Å². The van der Waals surface area contributed by atoms with Crippen LogP contribution in [-0.4, -0.2) is 39.7 Å². The van der Waals surface area contributed by atoms with Crippen LogP contribution in [-0.2, 0) is 18.7 Å². The van der Waals surface area contributed by atoms with E-state index in [1.807, 2.05) is 0 Å². The minimum atomic E-state index is -1.75. The van der Waals surface area contributed by atoms with Gasteiger partial charge >= 0.3 is 0 Å². The quantitative estimate of drug-likeness (QED) is 0.704. The minimum absolute atomic E-state index is 0.0919. The molecule has 1 fully saturated rings. The fourth-order valence-electron chi connectivity index (χ4n) is 1.89. The van der Waals surface area contributed by atoms with E-state index in [2.05, 4.69) is 33.9 Å². The summed E-state index contributed by atoms with van der Waals surface area (Å²) in [7, 11) is -1.75. The number of rotatable bonds is 6. The van der Waals surface area contributed by atoms with Gasteiger partial charge in [-0.05, 0) is 25.1 Å². The van der Waals surface area contributed by atoms with Gasteiger partial charge in [0.15, 0.2) is 14.1 Å². The number of hydrogen-bond donors (Lipinski definition) is 0. The molecule has 1 aliphatic rings. The van der Waals surface area contributed by atoms with Crippen molar-refractivity contribution in [3.8, 4) is 0 Å². The van der Waals surface area contributed by atoms with Crippen LogP contribution in [0.15, 0.2) is 0 Å². The Kier molecular flexibility index (Phi) is 5.34. The highest BCUT2D eigenvalue weighted by Crippen LogP contribution is 2.37. The van der Waals surface area contributed by atoms with Gasteiger partial charge in [-0.25, -0.2) is 0 Å². The van der Waals surface area contributed by atoms with Crippen LogP contribution < -0.4 is 0 Å². The second kappa shape index (κ2) is 6.04. The Balaban J connectivity index is 2.52. The van der Waals surface area contributed by atoms with Gasteiger partial charge in [-0.1, -0.05) is 20.8 Å². The van der Waals surface area contributed by atoms with Crippen molar-refractivity contribution in [2.45, 2.75) is 64.5 Å². The summed E-state index contributed by atoms with van der Waals surface area (Å²) in [5.74, 6) is -0.650. The van der Waals surface area contributed by atoms with Crippen molar-refractivity contribution in [1.29, 1.82) is 0 Å². The summed E-state index contributed by atoms with van der Waals surface area (Å²) < 4.78 is 17.4. The van der Waals surface area contributed by atoms with Crippen molar-refractivity contribution in [2.75, 3.05) is 19.8 Å². The van der Waals surface area contributed by atoms with Crippen LogP contribution in [0, 0.1) is 0 Å². The minimum Gasteiger partial charge on any atom is -0.417 e. The second-order valence-electron chi connectivity index (χ2n) is 6.85. The highest BCUT2D eigenvalue weighted by Gasteiger charge is 2.40. The molecule has 0 unspecified atom stereocenters. The van der Waals surface area contributed by atoms with Crippen LogP contribution in [0.2, 0.25) is 18.1 Å². The molecule has 0 aromatic heterocycles. The summed E-state index contributed by atoms with van der Waals surface area (Å²) in [6.45, 7) is 14.4. The van der Waals surface area contributed by atoms with Crippen molar-refractivity contribution in [3.63, 3.8) is 0 Å². The van der Waals surface area contributed by atoms with Gasteiger partial charge in [0, 0.05) is 13.0 Å². The molecular formula is C14H28O4Si. The lowest BCUT2D eigenvalue weighted by molar-refractivity contribution is -0.175. The zero-order chi connectivity index (χ0) is 14.7. The third-order valence-corrected chi connectivity index (χ3v) is 8.62. The lowest BCUT2D eigenvalue weighted by Crippen LogP contribution is -2.43. The van der Waals surface area contributed by atoms with Crippen molar-refractivity contribution in [3.05, 3.63) is 0 Å². The molecule has 1 aliphatic heterocycles. The highest BCUT2D eigenvalue weighted by atomic mass is 28.4. The second-order valence-corrected chi connectivity index (χ2v) is 11.7. The average Bonchev–Trinajstić information content (AvgIpc) is 2.63. The Hall–Kier alpha value is -0.233. The molecule has 1 saturated heterocycles. The van der Waals surface area contributed by atoms with Crippen molar-refractivity contribution in [2.24, 2.45) is 0 Å². The molecule has 0 radical (unpaired) electrons. The van der Waals surface area contributed by atoms with Gasteiger partial charge in [0.1, 0.15) is 5.78 Å². The zero-order valence-electron chi connectivity index (χ0n) is 13.2. The van der Waals surface area contributed by atoms with Crippen molar-refractivity contribution >= 4 is 14.1 Å². The van der Waals surface area contributed by atoms with E-state index in [0.29, 0.717) is 32.7 Å². The molecule has 0 N–H and O–H groups in total. The Morgan fingerprint density at radius 2 is 1.79 bits per heavy atom. The molecule has 0 amide bonds. The van der Waals surface area contributed by atoms with Crippen LogP contribution in [0.1, 0.15) is 40.5 Å². The van der Waals surface area contributed by atoms with Crippen LogP contribution in [0.4, 0.5) is 0 Å². The predicted molar refractivity (Wildman–Crippen MR) is 77.7 cm³/mol. The topological polar surface area (TPSA) is 44.8 Å². The van der Waals surface area contributed by atoms with Crippen LogP contribution >= 0.6 is 0 Å². The maximum absolute atomic E-state index is 11.3. The normalized spacial score (nSPS) is 19.7. The molecule has 0 aliphatic carbocycles. The molecule has 0 aromatic carbocycles. The van der Waals surface area contributed by atoms with Crippen LogP contribution in [0.5, 0.6) is 0 Å². The number of ether oxygens (including phenoxy) is 2. The Labute approximate surface area is 117 Å². The molecule has 1 rings (SSSR count). The Morgan fingerprint density at radius 1 is 1.26 bits per heavy atom. The molecule has 112 valence electrons.